The van der Waals surface area contributed by atoms with E-state index in [2.05, 4.69) is 5.09 Å². The Morgan fingerprint density at radius 1 is 1.14 bits per heavy atom. The van der Waals surface area contributed by atoms with Crippen LogP contribution < -0.4 is 15.9 Å². The van der Waals surface area contributed by atoms with E-state index in [4.69, 9.17) is 9.73 Å². The van der Waals surface area contributed by atoms with Crippen molar-refractivity contribution in [2.45, 2.75) is 13.8 Å². The van der Waals surface area contributed by atoms with Gasteiger partial charge in [0, 0.05) is 24.1 Å². The number of anilines is 1. The summed E-state index contributed by atoms with van der Waals surface area (Å²) in [6, 6.07) is 14.1. The van der Waals surface area contributed by atoms with Crippen molar-refractivity contribution in [2.24, 2.45) is 0 Å². The fourth-order valence-corrected chi connectivity index (χ4v) is 5.74. The second-order valence-corrected chi connectivity index (χ2v) is 9.77. The van der Waals surface area contributed by atoms with Crippen LogP contribution in [0.2, 0.25) is 0 Å². The van der Waals surface area contributed by atoms with Crippen LogP contribution in [0, 0.1) is 13.8 Å². The van der Waals surface area contributed by atoms with Crippen LogP contribution in [0.15, 0.2) is 48.5 Å². The van der Waals surface area contributed by atoms with Crippen molar-refractivity contribution in [2.75, 3.05) is 12.2 Å². The van der Waals surface area contributed by atoms with Gasteiger partial charge in [-0.15, -0.1) is 11.3 Å². The minimum absolute atomic E-state index is 0.0415. The van der Waals surface area contributed by atoms with Gasteiger partial charge >= 0.3 is 13.5 Å². The van der Waals surface area contributed by atoms with Gasteiger partial charge in [-0.3, -0.25) is 4.57 Å². The summed E-state index contributed by atoms with van der Waals surface area (Å²) in [5.41, 5.74) is 4.48. The Balaban J connectivity index is 2.03. The molecule has 152 valence electrons. The monoisotopic (exact) mass is 433 g/mol. The molecule has 0 amide bonds. The van der Waals surface area contributed by atoms with Gasteiger partial charge in [0.1, 0.15) is 4.88 Å². The maximum atomic E-state index is 13.5. The van der Waals surface area contributed by atoms with E-state index in [1.807, 2.05) is 26.0 Å². The van der Waals surface area contributed by atoms with Gasteiger partial charge in [-0.25, -0.2) is 10.0 Å². The van der Waals surface area contributed by atoms with E-state index in [0.29, 0.717) is 15.9 Å². The lowest BCUT2D eigenvalue weighted by atomic mass is 10.1. The zero-order valence-electron chi connectivity index (χ0n) is 16.2. The second kappa shape index (κ2) is 8.49. The third kappa shape index (κ3) is 4.42. The highest BCUT2D eigenvalue weighted by Gasteiger charge is 2.30. The van der Waals surface area contributed by atoms with Crippen LogP contribution in [0.3, 0.4) is 0 Å². The molecule has 3 aromatic rings. The van der Waals surface area contributed by atoms with E-state index >= 15 is 0 Å². The maximum absolute atomic E-state index is 13.5. The van der Waals surface area contributed by atoms with Crippen LogP contribution in [0.4, 0.5) is 11.4 Å². The predicted octanol–water partition coefficient (Wildman–Crippen LogP) is 3.89. The molecule has 0 bridgehead atoms. The third-order valence-corrected chi connectivity index (χ3v) is 7.82. The molecule has 0 saturated carbocycles. The smallest absolute Gasteiger partial charge is 0.348 e. The van der Waals surface area contributed by atoms with Gasteiger partial charge < -0.3 is 14.7 Å². The zero-order chi connectivity index (χ0) is 21.2. The Labute approximate surface area is 172 Å². The standard InChI is InChI=1S/C20H21N2O5PS/c1-12-4-9-17(13(2)10-12)28(26,27-3)22-16-11-18(29-19(16)20(23)24)14-5-7-15(21-25)8-6-14/h4-11,21,25H,1-3H3,(H,22,26)(H,23,24)/p+1. The highest BCUT2D eigenvalue weighted by Crippen LogP contribution is 2.48. The molecule has 1 heterocycles. The molecule has 3 rings (SSSR count). The number of carbonyl (C=O) groups is 1. The summed E-state index contributed by atoms with van der Waals surface area (Å²) < 4.78 is 18.9. The number of nitrogens with two attached hydrogens (primary N) is 1. The first-order chi connectivity index (χ1) is 13.8. The van der Waals surface area contributed by atoms with Gasteiger partial charge in [0.2, 0.25) is 0 Å². The number of benzene rings is 2. The highest BCUT2D eigenvalue weighted by atomic mass is 32.1. The molecule has 0 fully saturated rings. The molecule has 7 nitrogen and oxygen atoms in total. The first-order valence-electron chi connectivity index (χ1n) is 8.74. The number of hydrogen-bond acceptors (Lipinski definition) is 5. The molecule has 29 heavy (non-hydrogen) atoms. The molecular weight excluding hydrogens is 411 g/mol. The second-order valence-electron chi connectivity index (χ2n) is 6.55. The fraction of sp³-hybridized carbons (Fsp3) is 0.150. The summed E-state index contributed by atoms with van der Waals surface area (Å²) in [6.45, 7) is 3.78. The van der Waals surface area contributed by atoms with Crippen LogP contribution >= 0.6 is 18.9 Å². The Hall–Kier alpha value is -2.48. The average molecular weight is 433 g/mol. The minimum Gasteiger partial charge on any atom is -0.477 e. The minimum atomic E-state index is -3.53. The lowest BCUT2D eigenvalue weighted by molar-refractivity contribution is -0.825. The average Bonchev–Trinajstić information content (AvgIpc) is 3.11. The van der Waals surface area contributed by atoms with Crippen molar-refractivity contribution < 1.29 is 29.7 Å². The van der Waals surface area contributed by atoms with Crippen molar-refractivity contribution in [3.63, 3.8) is 0 Å². The van der Waals surface area contributed by atoms with Crippen molar-refractivity contribution in [1.29, 1.82) is 0 Å². The molecule has 0 spiro atoms. The summed E-state index contributed by atoms with van der Waals surface area (Å²) in [5.74, 6) is -1.12. The Kier molecular flexibility index (Phi) is 6.21. The van der Waals surface area contributed by atoms with Crippen molar-refractivity contribution >= 4 is 41.5 Å². The molecule has 0 aliphatic heterocycles. The van der Waals surface area contributed by atoms with Gasteiger partial charge in [0.05, 0.1) is 11.0 Å². The molecule has 0 saturated heterocycles. The Bertz CT molecular complexity index is 1090. The van der Waals surface area contributed by atoms with Gasteiger partial charge in [-0.2, -0.15) is 5.48 Å². The Morgan fingerprint density at radius 3 is 2.38 bits per heavy atom. The van der Waals surface area contributed by atoms with Crippen molar-refractivity contribution in [3.05, 3.63) is 64.5 Å². The quantitative estimate of drug-likeness (QED) is 0.255. The van der Waals surface area contributed by atoms with Crippen LogP contribution in [0.5, 0.6) is 0 Å². The number of rotatable bonds is 7. The molecule has 1 unspecified atom stereocenters. The van der Waals surface area contributed by atoms with Gasteiger partial charge in [-0.1, -0.05) is 17.7 Å². The molecule has 2 aromatic carbocycles. The van der Waals surface area contributed by atoms with Crippen molar-refractivity contribution in [3.8, 4) is 10.4 Å². The number of quaternary nitrogens is 1. The maximum Gasteiger partial charge on any atom is 0.348 e. The normalized spacial score (nSPS) is 13.1. The molecule has 0 aliphatic rings. The molecule has 5 N–H and O–H groups in total. The first-order valence-corrected chi connectivity index (χ1v) is 11.2. The topological polar surface area (TPSA) is 112 Å². The Morgan fingerprint density at radius 2 is 1.83 bits per heavy atom. The summed E-state index contributed by atoms with van der Waals surface area (Å²) in [6.07, 6.45) is 0. The molecular formula is C20H22N2O5PS+. The number of aromatic carboxylic acids is 1. The number of hydrogen-bond donors (Lipinski definition) is 4. The third-order valence-electron chi connectivity index (χ3n) is 4.46. The summed E-state index contributed by atoms with van der Waals surface area (Å²) in [7, 11) is -2.20. The summed E-state index contributed by atoms with van der Waals surface area (Å²) in [5, 5.41) is 22.1. The number of thiophene rings is 1. The van der Waals surface area contributed by atoms with E-state index < -0.39 is 13.5 Å². The SMILES string of the molecule is COP(=O)(Nc1cc(-c2ccc([NH2+]O)cc2)sc1C(=O)O)c1ccc(C)cc1C. The largest absolute Gasteiger partial charge is 0.477 e. The number of carboxylic acids is 1. The number of nitrogens with one attached hydrogen (secondary N) is 1. The van der Waals surface area contributed by atoms with E-state index in [9.17, 15) is 14.5 Å². The van der Waals surface area contributed by atoms with Gasteiger partial charge in [-0.05, 0) is 49.2 Å². The van der Waals surface area contributed by atoms with E-state index in [-0.39, 0.29) is 10.6 Å². The summed E-state index contributed by atoms with van der Waals surface area (Å²) >= 11 is 1.08. The molecule has 1 aromatic heterocycles. The molecule has 9 heteroatoms. The molecule has 1 atom stereocenters. The van der Waals surface area contributed by atoms with Crippen LogP contribution in [0.1, 0.15) is 20.8 Å². The first kappa shape index (κ1) is 21.2. The lowest BCUT2D eigenvalue weighted by Gasteiger charge is -2.20. The van der Waals surface area contributed by atoms with Gasteiger partial charge in [0.15, 0.2) is 5.69 Å². The lowest BCUT2D eigenvalue weighted by Crippen LogP contribution is -2.73. The van der Waals surface area contributed by atoms with E-state index in [0.717, 1.165) is 33.5 Å². The molecule has 0 radical (unpaired) electrons. The zero-order valence-corrected chi connectivity index (χ0v) is 17.9. The van der Waals surface area contributed by atoms with Crippen LogP contribution in [0.25, 0.3) is 10.4 Å². The number of carboxylic acid groups (broad SMARTS) is 1. The predicted molar refractivity (Wildman–Crippen MR) is 114 cm³/mol. The van der Waals surface area contributed by atoms with Crippen LogP contribution in [-0.4, -0.2) is 23.4 Å². The highest BCUT2D eigenvalue weighted by molar-refractivity contribution is 7.68. The molecule has 0 aliphatic carbocycles. The van der Waals surface area contributed by atoms with Gasteiger partial charge in [0.25, 0.3) is 0 Å². The number of aryl methyl sites for hydroxylation is 2. The van der Waals surface area contributed by atoms with Crippen molar-refractivity contribution in [1.82, 2.24) is 0 Å². The summed E-state index contributed by atoms with van der Waals surface area (Å²) in [4.78, 5) is 12.5. The van der Waals surface area contributed by atoms with E-state index in [1.165, 1.54) is 7.11 Å². The van der Waals surface area contributed by atoms with Crippen LogP contribution in [-0.2, 0) is 9.09 Å². The fourth-order valence-electron chi connectivity index (χ4n) is 3.01. The van der Waals surface area contributed by atoms with E-state index in [1.54, 1.807) is 36.4 Å².